The highest BCUT2D eigenvalue weighted by molar-refractivity contribution is 7.45. The van der Waals surface area contributed by atoms with Crippen molar-refractivity contribution < 1.29 is 46.8 Å². The van der Waals surface area contributed by atoms with E-state index in [1.807, 2.05) is 21.1 Å². The van der Waals surface area contributed by atoms with Gasteiger partial charge in [-0.15, -0.1) is 0 Å². The predicted octanol–water partition coefficient (Wildman–Crippen LogP) is 4.69. The number of hydrogen-bond acceptors (Lipinski definition) is 9. The largest absolute Gasteiger partial charge is 0.756 e. The summed E-state index contributed by atoms with van der Waals surface area (Å²) in [5, 5.41) is 0. The Morgan fingerprint density at radius 2 is 1.69 bits per heavy atom. The van der Waals surface area contributed by atoms with E-state index in [-0.39, 0.29) is 19.6 Å². The molecule has 0 saturated carbocycles. The maximum atomic E-state index is 12.1. The Hall–Kier alpha value is -1.29. The van der Waals surface area contributed by atoms with Gasteiger partial charge in [0, 0.05) is 13.3 Å². The van der Waals surface area contributed by atoms with Crippen LogP contribution in [0.1, 0.15) is 90.9 Å². The Bertz CT molecular complexity index is 769. The van der Waals surface area contributed by atoms with E-state index in [9.17, 15) is 19.0 Å². The molecule has 4 atom stereocenters. The van der Waals surface area contributed by atoms with E-state index in [1.54, 1.807) is 0 Å². The minimum atomic E-state index is -4.57. The lowest BCUT2D eigenvalue weighted by atomic mass is 10.1. The standard InChI is InChI=1S/C28H52NO9P/c1-6-7-8-9-11-14-17-26-27(38-26)18-15-12-10-13-16-19-28(31)34-22-25(37-24(2)30)23-36-39(32,33)35-21-20-29(3,4)5/h11,14,25-27H,6-10,12-13,15-23H2,1-5H3/b14-11-/t25-,26?,27?/m1/s1. The molecular formula is C28H52NO9P. The summed E-state index contributed by atoms with van der Waals surface area (Å²) >= 11 is 0. The van der Waals surface area contributed by atoms with Gasteiger partial charge in [0.05, 0.1) is 40.0 Å². The van der Waals surface area contributed by atoms with Crippen LogP contribution >= 0.6 is 7.82 Å². The monoisotopic (exact) mass is 577 g/mol. The second-order valence-corrected chi connectivity index (χ2v) is 12.6. The summed E-state index contributed by atoms with van der Waals surface area (Å²) < 4.78 is 38.1. The van der Waals surface area contributed by atoms with Crippen LogP contribution in [0, 0.1) is 0 Å². The summed E-state index contributed by atoms with van der Waals surface area (Å²) in [6.45, 7) is 3.06. The number of esters is 2. The highest BCUT2D eigenvalue weighted by Gasteiger charge is 2.36. The number of phosphoric acid groups is 1. The number of nitrogens with zero attached hydrogens (tertiary/aromatic N) is 1. The lowest BCUT2D eigenvalue weighted by Gasteiger charge is -2.28. The molecule has 1 aliphatic rings. The highest BCUT2D eigenvalue weighted by Crippen LogP contribution is 2.38. The lowest BCUT2D eigenvalue weighted by molar-refractivity contribution is -0.870. The number of unbranched alkanes of at least 4 members (excludes halogenated alkanes) is 7. The molecule has 0 spiro atoms. The third kappa shape index (κ3) is 21.2. The van der Waals surface area contributed by atoms with Crippen molar-refractivity contribution in [2.24, 2.45) is 0 Å². The van der Waals surface area contributed by atoms with Crippen molar-refractivity contribution in [3.8, 4) is 0 Å². The fourth-order valence-corrected chi connectivity index (χ4v) is 4.62. The summed E-state index contributed by atoms with van der Waals surface area (Å²) in [6, 6.07) is 0. The smallest absolute Gasteiger partial charge is 0.305 e. The molecule has 0 amide bonds. The molecule has 228 valence electrons. The Kier molecular flexibility index (Phi) is 18.1. The van der Waals surface area contributed by atoms with Gasteiger partial charge in [-0.3, -0.25) is 14.2 Å². The van der Waals surface area contributed by atoms with E-state index in [4.69, 9.17) is 23.3 Å². The first kappa shape index (κ1) is 35.7. The molecule has 0 aromatic heterocycles. The zero-order chi connectivity index (χ0) is 29.2. The average Bonchev–Trinajstić information content (AvgIpc) is 3.59. The van der Waals surface area contributed by atoms with Gasteiger partial charge >= 0.3 is 11.9 Å². The first-order valence-electron chi connectivity index (χ1n) is 14.5. The van der Waals surface area contributed by atoms with Crippen LogP contribution in [0.25, 0.3) is 0 Å². The number of hydrogen-bond donors (Lipinski definition) is 0. The number of allylic oxidation sites excluding steroid dienone is 1. The van der Waals surface area contributed by atoms with Gasteiger partial charge in [-0.05, 0) is 32.1 Å². The van der Waals surface area contributed by atoms with Crippen molar-refractivity contribution >= 4 is 19.8 Å². The summed E-state index contributed by atoms with van der Waals surface area (Å²) in [5.41, 5.74) is 0. The fourth-order valence-electron chi connectivity index (χ4n) is 3.89. The van der Waals surface area contributed by atoms with E-state index in [0.29, 0.717) is 29.7 Å². The Labute approximate surface area is 235 Å². The molecule has 3 unspecified atom stereocenters. The molecule has 10 nitrogen and oxygen atoms in total. The van der Waals surface area contributed by atoms with E-state index >= 15 is 0 Å². The minimum Gasteiger partial charge on any atom is -0.756 e. The van der Waals surface area contributed by atoms with Crippen LogP contribution in [0.15, 0.2) is 12.2 Å². The van der Waals surface area contributed by atoms with Crippen molar-refractivity contribution in [1.82, 2.24) is 0 Å². The molecule has 1 rings (SSSR count). The van der Waals surface area contributed by atoms with Crippen molar-refractivity contribution in [2.75, 3.05) is 47.5 Å². The number of carbonyl (C=O) groups is 2. The van der Waals surface area contributed by atoms with Gasteiger partial charge in [-0.25, -0.2) is 0 Å². The lowest BCUT2D eigenvalue weighted by Crippen LogP contribution is -2.37. The van der Waals surface area contributed by atoms with E-state index < -0.39 is 32.5 Å². The molecule has 11 heteroatoms. The molecule has 0 aliphatic carbocycles. The normalized spacial score (nSPS) is 19.5. The molecule has 1 heterocycles. The minimum absolute atomic E-state index is 0.0385. The van der Waals surface area contributed by atoms with E-state index in [0.717, 1.165) is 44.9 Å². The van der Waals surface area contributed by atoms with Gasteiger partial charge in [0.2, 0.25) is 0 Å². The third-order valence-corrected chi connectivity index (χ3v) is 7.22. The molecule has 1 saturated heterocycles. The summed E-state index contributed by atoms with van der Waals surface area (Å²) in [4.78, 5) is 35.4. The Morgan fingerprint density at radius 3 is 2.38 bits per heavy atom. The van der Waals surface area contributed by atoms with Crippen LogP contribution in [-0.4, -0.2) is 82.2 Å². The van der Waals surface area contributed by atoms with Crippen molar-refractivity contribution in [1.29, 1.82) is 0 Å². The second-order valence-electron chi connectivity index (χ2n) is 11.2. The molecule has 0 aromatic carbocycles. The molecule has 1 aliphatic heterocycles. The second kappa shape index (κ2) is 19.7. The molecule has 0 aromatic rings. The molecule has 0 bridgehead atoms. The number of epoxide rings is 1. The Morgan fingerprint density at radius 1 is 0.974 bits per heavy atom. The first-order valence-corrected chi connectivity index (χ1v) is 15.9. The van der Waals surface area contributed by atoms with Gasteiger partial charge in [0.1, 0.15) is 19.8 Å². The van der Waals surface area contributed by atoms with Crippen LogP contribution in [0.3, 0.4) is 0 Å². The van der Waals surface area contributed by atoms with Gasteiger partial charge < -0.3 is 32.6 Å². The Balaban J connectivity index is 2.11. The quantitative estimate of drug-likeness (QED) is 0.0401. The molecule has 0 radical (unpaired) electrons. The topological polar surface area (TPSA) is 124 Å². The number of ether oxygens (including phenoxy) is 3. The third-order valence-electron chi connectivity index (χ3n) is 6.26. The number of carbonyl (C=O) groups excluding carboxylic acids is 2. The molecular weight excluding hydrogens is 525 g/mol. The van der Waals surface area contributed by atoms with Gasteiger partial charge in [-0.2, -0.15) is 0 Å². The zero-order valence-corrected chi connectivity index (χ0v) is 25.7. The number of phosphoric ester groups is 1. The van der Waals surface area contributed by atoms with Crippen LogP contribution in [0.4, 0.5) is 0 Å². The van der Waals surface area contributed by atoms with Gasteiger partial charge in [-0.1, -0.05) is 57.6 Å². The highest BCUT2D eigenvalue weighted by atomic mass is 31.2. The summed E-state index contributed by atoms with van der Waals surface area (Å²) in [6.07, 6.45) is 16.5. The molecule has 1 fully saturated rings. The van der Waals surface area contributed by atoms with Crippen LogP contribution in [-0.2, 0) is 37.4 Å². The summed E-state index contributed by atoms with van der Waals surface area (Å²) in [5.74, 6) is -1.05. The van der Waals surface area contributed by atoms with E-state index in [1.165, 1.54) is 26.2 Å². The SMILES string of the molecule is CCCCC/C=C\CC1OC1CCCCCCCC(=O)OC[C@H](COP(=O)([O-])OCC[N+](C)(C)C)OC(C)=O. The maximum absolute atomic E-state index is 12.1. The zero-order valence-electron chi connectivity index (χ0n) is 24.8. The summed E-state index contributed by atoms with van der Waals surface area (Å²) in [7, 11) is 1.13. The van der Waals surface area contributed by atoms with Gasteiger partial charge in [0.15, 0.2) is 6.10 Å². The molecule has 39 heavy (non-hydrogen) atoms. The average molecular weight is 578 g/mol. The number of rotatable bonds is 24. The van der Waals surface area contributed by atoms with E-state index in [2.05, 4.69) is 19.1 Å². The van der Waals surface area contributed by atoms with Gasteiger partial charge in [0.25, 0.3) is 7.82 Å². The van der Waals surface area contributed by atoms with Crippen molar-refractivity contribution in [2.45, 2.75) is 109 Å². The van der Waals surface area contributed by atoms with Crippen LogP contribution < -0.4 is 4.89 Å². The first-order chi connectivity index (χ1) is 18.4. The van der Waals surface area contributed by atoms with Crippen molar-refractivity contribution in [3.63, 3.8) is 0 Å². The van der Waals surface area contributed by atoms with Crippen LogP contribution in [0.5, 0.6) is 0 Å². The number of likely N-dealkylation sites (N-methyl/N-ethyl adjacent to an activating group) is 1. The maximum Gasteiger partial charge on any atom is 0.305 e. The van der Waals surface area contributed by atoms with Crippen molar-refractivity contribution in [3.05, 3.63) is 12.2 Å². The predicted molar refractivity (Wildman–Crippen MR) is 148 cm³/mol. The number of quaternary nitrogens is 1. The fraction of sp³-hybridized carbons (Fsp3) is 0.857. The van der Waals surface area contributed by atoms with Crippen LogP contribution in [0.2, 0.25) is 0 Å². The molecule has 0 N–H and O–H groups in total.